The fraction of sp³-hybridized carbons (Fsp3) is 0. The van der Waals surface area contributed by atoms with Gasteiger partial charge in [0.1, 0.15) is 5.82 Å². The number of ketones is 1. The number of aromatic nitrogens is 2. The predicted molar refractivity (Wildman–Crippen MR) is 136 cm³/mol. The summed E-state index contributed by atoms with van der Waals surface area (Å²) >= 11 is 11.9. The molecule has 166 valence electrons. The number of imidazole rings is 1. The summed E-state index contributed by atoms with van der Waals surface area (Å²) in [6.07, 6.45) is 0. The zero-order chi connectivity index (χ0) is 23.7. The molecule has 0 fully saturated rings. The normalized spacial score (nSPS) is 10.9. The summed E-state index contributed by atoms with van der Waals surface area (Å²) in [7, 11) is 0. The average molecular weight is 486 g/mol. The van der Waals surface area contributed by atoms with Gasteiger partial charge in [-0.15, -0.1) is 0 Å². The van der Waals surface area contributed by atoms with Crippen molar-refractivity contribution in [3.05, 3.63) is 118 Å². The van der Waals surface area contributed by atoms with E-state index in [0.29, 0.717) is 38.2 Å². The molecule has 0 bridgehead atoms. The molecule has 0 unspecified atom stereocenters. The lowest BCUT2D eigenvalue weighted by Crippen LogP contribution is -2.11. The Bertz CT molecular complexity index is 1530. The minimum atomic E-state index is -0.286. The number of hydrogen-bond donors (Lipinski definition) is 2. The van der Waals surface area contributed by atoms with Crippen LogP contribution in [0.4, 0.5) is 5.69 Å². The Morgan fingerprint density at radius 1 is 0.735 bits per heavy atom. The Hall–Kier alpha value is -3.93. The molecule has 4 aromatic carbocycles. The van der Waals surface area contributed by atoms with Crippen LogP contribution < -0.4 is 5.32 Å². The van der Waals surface area contributed by atoms with Crippen molar-refractivity contribution in [2.75, 3.05) is 5.32 Å². The van der Waals surface area contributed by atoms with Crippen molar-refractivity contribution in [3.63, 3.8) is 0 Å². The second-order valence-electron chi connectivity index (χ2n) is 7.67. The quantitative estimate of drug-likeness (QED) is 0.262. The van der Waals surface area contributed by atoms with E-state index in [9.17, 15) is 9.59 Å². The van der Waals surface area contributed by atoms with E-state index in [-0.39, 0.29) is 11.7 Å². The van der Waals surface area contributed by atoms with Gasteiger partial charge >= 0.3 is 0 Å². The van der Waals surface area contributed by atoms with Crippen LogP contribution in [0.1, 0.15) is 26.3 Å². The van der Waals surface area contributed by atoms with E-state index in [2.05, 4.69) is 15.3 Å². The van der Waals surface area contributed by atoms with Crippen molar-refractivity contribution in [1.82, 2.24) is 9.97 Å². The number of amides is 1. The van der Waals surface area contributed by atoms with Crippen LogP contribution in [0.15, 0.2) is 91.0 Å². The lowest BCUT2D eigenvalue weighted by molar-refractivity contribution is 0.102. The third-order valence-electron chi connectivity index (χ3n) is 5.38. The molecule has 1 aromatic heterocycles. The highest BCUT2D eigenvalue weighted by Gasteiger charge is 2.13. The molecule has 1 heterocycles. The second-order valence-corrected chi connectivity index (χ2v) is 8.49. The number of halogens is 2. The predicted octanol–water partition coefficient (Wildman–Crippen LogP) is 7.02. The molecule has 5 rings (SSSR count). The highest BCUT2D eigenvalue weighted by atomic mass is 35.5. The maximum absolute atomic E-state index is 12.7. The summed E-state index contributed by atoms with van der Waals surface area (Å²) in [5, 5.41) is 3.55. The summed E-state index contributed by atoms with van der Waals surface area (Å²) in [6, 6.07) is 26.6. The molecule has 34 heavy (non-hydrogen) atoms. The summed E-state index contributed by atoms with van der Waals surface area (Å²) < 4.78 is 0. The van der Waals surface area contributed by atoms with Gasteiger partial charge in [-0.1, -0.05) is 53.5 Å². The van der Waals surface area contributed by atoms with E-state index < -0.39 is 0 Å². The molecule has 0 aliphatic heterocycles. The number of nitrogens with zero attached hydrogens (tertiary/aromatic N) is 1. The summed E-state index contributed by atoms with van der Waals surface area (Å²) in [6.45, 7) is 0. The van der Waals surface area contributed by atoms with E-state index in [1.165, 1.54) is 6.07 Å². The van der Waals surface area contributed by atoms with Gasteiger partial charge in [0.25, 0.3) is 5.91 Å². The number of anilines is 1. The van der Waals surface area contributed by atoms with Crippen molar-refractivity contribution in [1.29, 1.82) is 0 Å². The molecule has 0 spiro atoms. The van der Waals surface area contributed by atoms with Crippen LogP contribution in [0.5, 0.6) is 0 Å². The van der Waals surface area contributed by atoms with Gasteiger partial charge in [0.2, 0.25) is 0 Å². The fourth-order valence-corrected chi connectivity index (χ4v) is 3.89. The molecule has 2 N–H and O–H groups in total. The summed E-state index contributed by atoms with van der Waals surface area (Å²) in [5.41, 5.74) is 4.66. The average Bonchev–Trinajstić information content (AvgIpc) is 3.29. The number of nitrogens with one attached hydrogen (secondary N) is 2. The smallest absolute Gasteiger partial charge is 0.255 e. The largest absolute Gasteiger partial charge is 0.338 e. The Kier molecular flexibility index (Phi) is 5.88. The van der Waals surface area contributed by atoms with E-state index in [1.54, 1.807) is 42.5 Å². The fourth-order valence-electron chi connectivity index (χ4n) is 3.60. The van der Waals surface area contributed by atoms with Crippen LogP contribution in [0.25, 0.3) is 22.4 Å². The van der Waals surface area contributed by atoms with Crippen LogP contribution in [0, 0.1) is 0 Å². The molecule has 0 atom stereocenters. The monoisotopic (exact) mass is 485 g/mol. The molecule has 0 aliphatic rings. The van der Waals surface area contributed by atoms with E-state index >= 15 is 0 Å². The number of rotatable bonds is 5. The Morgan fingerprint density at radius 2 is 1.47 bits per heavy atom. The Balaban J connectivity index is 1.35. The number of hydrogen-bond acceptors (Lipinski definition) is 3. The van der Waals surface area contributed by atoms with Crippen LogP contribution >= 0.6 is 23.2 Å². The molecule has 0 saturated carbocycles. The molecule has 0 saturated heterocycles. The second kappa shape index (κ2) is 9.14. The van der Waals surface area contributed by atoms with Crippen LogP contribution in [-0.2, 0) is 0 Å². The van der Waals surface area contributed by atoms with Crippen molar-refractivity contribution >= 4 is 51.6 Å². The first-order valence-electron chi connectivity index (χ1n) is 10.4. The molecule has 7 heteroatoms. The van der Waals surface area contributed by atoms with Crippen molar-refractivity contribution in [2.45, 2.75) is 0 Å². The highest BCUT2D eigenvalue weighted by molar-refractivity contribution is 6.42. The first kappa shape index (κ1) is 21.9. The molecule has 5 aromatic rings. The lowest BCUT2D eigenvalue weighted by Gasteiger charge is -2.07. The Labute approximate surface area is 205 Å². The van der Waals surface area contributed by atoms with Gasteiger partial charge in [0, 0.05) is 27.9 Å². The topological polar surface area (TPSA) is 74.8 Å². The summed E-state index contributed by atoms with van der Waals surface area (Å²) in [4.78, 5) is 33.1. The molecular weight excluding hydrogens is 469 g/mol. The van der Waals surface area contributed by atoms with Gasteiger partial charge in [0.05, 0.1) is 21.1 Å². The molecular formula is C27H17Cl2N3O2. The molecule has 0 radical (unpaired) electrons. The number of benzene rings is 4. The molecule has 5 nitrogen and oxygen atoms in total. The number of carbonyl (C=O) groups is 2. The number of fused-ring (bicyclic) bond motifs is 1. The minimum absolute atomic E-state index is 0.0410. The van der Waals surface area contributed by atoms with Gasteiger partial charge in [-0.25, -0.2) is 4.98 Å². The zero-order valence-electron chi connectivity index (χ0n) is 17.7. The van der Waals surface area contributed by atoms with Gasteiger partial charge in [-0.05, 0) is 60.7 Å². The van der Waals surface area contributed by atoms with E-state index in [0.717, 1.165) is 16.6 Å². The first-order valence-corrected chi connectivity index (χ1v) is 11.2. The van der Waals surface area contributed by atoms with Crippen molar-refractivity contribution < 1.29 is 9.59 Å². The Morgan fingerprint density at radius 3 is 2.21 bits per heavy atom. The molecule has 1 amide bonds. The molecule has 0 aliphatic carbocycles. The maximum atomic E-state index is 12.7. The van der Waals surface area contributed by atoms with Gasteiger partial charge < -0.3 is 10.3 Å². The summed E-state index contributed by atoms with van der Waals surface area (Å²) in [5.74, 6) is 0.341. The number of aromatic amines is 1. The number of H-pyrrole nitrogens is 1. The van der Waals surface area contributed by atoms with Gasteiger partial charge in [-0.3, -0.25) is 9.59 Å². The first-order chi connectivity index (χ1) is 16.5. The minimum Gasteiger partial charge on any atom is -0.338 e. The van der Waals surface area contributed by atoms with Crippen LogP contribution in [-0.4, -0.2) is 21.7 Å². The van der Waals surface area contributed by atoms with Crippen molar-refractivity contribution in [3.8, 4) is 11.4 Å². The van der Waals surface area contributed by atoms with E-state index in [4.69, 9.17) is 23.2 Å². The SMILES string of the molecule is O=C(Nc1ccc(-c2nc3ccc(C(=O)c4ccccc4)cc3[nH]2)cc1)c1ccc(Cl)c(Cl)c1. The number of carbonyl (C=O) groups excluding carboxylic acids is 2. The standard InChI is InChI=1S/C27H17Cl2N3O2/c28-21-12-8-19(14-22(21)29)27(34)30-20-10-6-17(7-11-20)26-31-23-13-9-18(15-24(23)32-26)25(33)16-4-2-1-3-5-16/h1-15H,(H,30,34)(H,31,32). The van der Waals surface area contributed by atoms with Crippen LogP contribution in [0.2, 0.25) is 10.0 Å². The van der Waals surface area contributed by atoms with Gasteiger partial charge in [-0.2, -0.15) is 0 Å². The zero-order valence-corrected chi connectivity index (χ0v) is 19.2. The van der Waals surface area contributed by atoms with Gasteiger partial charge in [0.15, 0.2) is 5.78 Å². The highest BCUT2D eigenvalue weighted by Crippen LogP contribution is 2.25. The van der Waals surface area contributed by atoms with E-state index in [1.807, 2.05) is 42.5 Å². The third kappa shape index (κ3) is 4.44. The lowest BCUT2D eigenvalue weighted by atomic mass is 10.0. The maximum Gasteiger partial charge on any atom is 0.255 e. The third-order valence-corrected chi connectivity index (χ3v) is 6.12. The van der Waals surface area contributed by atoms with Crippen molar-refractivity contribution in [2.24, 2.45) is 0 Å². The van der Waals surface area contributed by atoms with Crippen LogP contribution in [0.3, 0.4) is 0 Å².